The Morgan fingerprint density at radius 3 is 2.05 bits per heavy atom. The van der Waals surface area contributed by atoms with Crippen LogP contribution in [0.2, 0.25) is 0 Å². The van der Waals surface area contributed by atoms with Gasteiger partial charge < -0.3 is 9.64 Å². The number of nitrogens with zero attached hydrogens (tertiary/aromatic N) is 3. The molecule has 2 saturated heterocycles. The summed E-state index contributed by atoms with van der Waals surface area (Å²) in [6.45, 7) is 16.6. The van der Waals surface area contributed by atoms with Crippen LogP contribution in [0.4, 0.5) is 0 Å². The predicted octanol–water partition coefficient (Wildman–Crippen LogP) is 1.12. The van der Waals surface area contributed by atoms with E-state index >= 15 is 0 Å². The summed E-state index contributed by atoms with van der Waals surface area (Å²) >= 11 is 0. The third-order valence-electron chi connectivity index (χ3n) is 4.53. The molecule has 2 heterocycles. The molecule has 0 amide bonds. The van der Waals surface area contributed by atoms with Crippen LogP contribution in [0.3, 0.4) is 0 Å². The minimum atomic E-state index is 0.332. The van der Waals surface area contributed by atoms with Gasteiger partial charge in [-0.1, -0.05) is 0 Å². The fraction of sp³-hybridized carbons (Fsp3) is 1.00. The van der Waals surface area contributed by atoms with Crippen LogP contribution in [-0.4, -0.2) is 85.8 Å². The zero-order chi connectivity index (χ0) is 13.9. The number of hydrogen-bond donors (Lipinski definition) is 0. The highest BCUT2D eigenvalue weighted by Gasteiger charge is 2.27. The summed E-state index contributed by atoms with van der Waals surface area (Å²) in [5.41, 5.74) is 0.332. The van der Waals surface area contributed by atoms with E-state index in [0.717, 1.165) is 13.1 Å². The van der Waals surface area contributed by atoms with Gasteiger partial charge >= 0.3 is 0 Å². The molecule has 2 aliphatic rings. The van der Waals surface area contributed by atoms with Crippen LogP contribution in [0.1, 0.15) is 27.2 Å². The van der Waals surface area contributed by atoms with E-state index in [1.54, 1.807) is 0 Å². The molecule has 0 unspecified atom stereocenters. The Morgan fingerprint density at radius 2 is 1.53 bits per heavy atom. The molecule has 19 heavy (non-hydrogen) atoms. The van der Waals surface area contributed by atoms with Crippen molar-refractivity contribution in [2.75, 3.05) is 59.5 Å². The van der Waals surface area contributed by atoms with E-state index in [1.807, 2.05) is 7.11 Å². The first kappa shape index (κ1) is 15.2. The second-order valence-corrected chi connectivity index (χ2v) is 6.97. The Balaban J connectivity index is 1.54. The molecule has 4 heteroatoms. The fourth-order valence-electron chi connectivity index (χ4n) is 3.01. The number of piperazine rings is 1. The van der Waals surface area contributed by atoms with E-state index < -0.39 is 0 Å². The molecule has 2 fully saturated rings. The number of likely N-dealkylation sites (tertiary alicyclic amines) is 1. The molecule has 4 nitrogen and oxygen atoms in total. The largest absolute Gasteiger partial charge is 0.379 e. The van der Waals surface area contributed by atoms with Gasteiger partial charge in [0.25, 0.3) is 0 Å². The molecule has 0 N–H and O–H groups in total. The molecule has 2 aliphatic heterocycles. The summed E-state index contributed by atoms with van der Waals surface area (Å²) in [4.78, 5) is 7.72. The molecule has 0 bridgehead atoms. The van der Waals surface area contributed by atoms with Crippen molar-refractivity contribution >= 4 is 0 Å². The van der Waals surface area contributed by atoms with Crippen molar-refractivity contribution in [3.05, 3.63) is 0 Å². The second kappa shape index (κ2) is 6.53. The molecule has 0 aromatic carbocycles. The molecule has 0 aromatic heterocycles. The lowest BCUT2D eigenvalue weighted by molar-refractivity contribution is -0.0310. The van der Waals surface area contributed by atoms with E-state index in [1.165, 1.54) is 45.7 Å². The maximum atomic E-state index is 5.30. The number of rotatable bonds is 5. The quantitative estimate of drug-likeness (QED) is 0.744. The first-order chi connectivity index (χ1) is 8.99. The SMILES string of the molecule is COC1CN(CCCN2CCN(C(C)(C)C)CC2)C1. The van der Waals surface area contributed by atoms with Gasteiger partial charge in [-0.25, -0.2) is 0 Å². The smallest absolute Gasteiger partial charge is 0.0824 e. The van der Waals surface area contributed by atoms with E-state index in [9.17, 15) is 0 Å². The van der Waals surface area contributed by atoms with Crippen molar-refractivity contribution in [1.29, 1.82) is 0 Å². The Hall–Kier alpha value is -0.160. The van der Waals surface area contributed by atoms with Gasteiger partial charge in [-0.2, -0.15) is 0 Å². The highest BCUT2D eigenvalue weighted by molar-refractivity contribution is 4.83. The normalized spacial score (nSPS) is 24.6. The van der Waals surface area contributed by atoms with E-state index in [-0.39, 0.29) is 0 Å². The van der Waals surface area contributed by atoms with Gasteiger partial charge in [0.1, 0.15) is 0 Å². The summed E-state index contributed by atoms with van der Waals surface area (Å²) in [6, 6.07) is 0. The lowest BCUT2D eigenvalue weighted by Gasteiger charge is -2.43. The monoisotopic (exact) mass is 269 g/mol. The van der Waals surface area contributed by atoms with Gasteiger partial charge in [0.2, 0.25) is 0 Å². The maximum Gasteiger partial charge on any atom is 0.0824 e. The van der Waals surface area contributed by atoms with Crippen LogP contribution in [-0.2, 0) is 4.74 Å². The molecule has 0 aromatic rings. The minimum Gasteiger partial charge on any atom is -0.379 e. The maximum absolute atomic E-state index is 5.30. The average molecular weight is 269 g/mol. The van der Waals surface area contributed by atoms with Crippen LogP contribution in [0.25, 0.3) is 0 Å². The molecule has 0 radical (unpaired) electrons. The number of hydrogen-bond acceptors (Lipinski definition) is 4. The van der Waals surface area contributed by atoms with Gasteiger partial charge in [0.15, 0.2) is 0 Å². The third-order valence-corrected chi connectivity index (χ3v) is 4.53. The summed E-state index contributed by atoms with van der Waals surface area (Å²) < 4.78 is 5.30. The van der Waals surface area contributed by atoms with Crippen molar-refractivity contribution in [3.63, 3.8) is 0 Å². The summed E-state index contributed by atoms with van der Waals surface area (Å²) in [6.07, 6.45) is 1.79. The lowest BCUT2D eigenvalue weighted by Crippen LogP contribution is -2.54. The second-order valence-electron chi connectivity index (χ2n) is 6.97. The summed E-state index contributed by atoms with van der Waals surface area (Å²) in [7, 11) is 1.82. The van der Waals surface area contributed by atoms with Gasteiger partial charge in [0.05, 0.1) is 6.10 Å². The van der Waals surface area contributed by atoms with Crippen molar-refractivity contribution < 1.29 is 4.74 Å². The molecule has 112 valence electrons. The third kappa shape index (κ3) is 4.42. The molecule has 0 saturated carbocycles. The highest BCUT2D eigenvalue weighted by atomic mass is 16.5. The van der Waals surface area contributed by atoms with Crippen LogP contribution < -0.4 is 0 Å². The van der Waals surface area contributed by atoms with Crippen molar-refractivity contribution in [3.8, 4) is 0 Å². The topological polar surface area (TPSA) is 19.0 Å². The molecule has 0 aliphatic carbocycles. The van der Waals surface area contributed by atoms with Crippen LogP contribution in [0.15, 0.2) is 0 Å². The molecular formula is C15H31N3O. The first-order valence-corrected chi connectivity index (χ1v) is 7.71. The Kier molecular flexibility index (Phi) is 5.23. The zero-order valence-corrected chi connectivity index (χ0v) is 13.2. The van der Waals surface area contributed by atoms with Crippen LogP contribution >= 0.6 is 0 Å². The standard InChI is InChI=1S/C15H31N3O/c1-15(2,3)18-10-8-16(9-11-18)6-5-7-17-12-14(13-17)19-4/h14H,5-13H2,1-4H3. The first-order valence-electron chi connectivity index (χ1n) is 7.71. The van der Waals surface area contributed by atoms with Gasteiger partial charge in [-0.15, -0.1) is 0 Å². The van der Waals surface area contributed by atoms with Crippen LogP contribution in [0.5, 0.6) is 0 Å². The summed E-state index contributed by atoms with van der Waals surface area (Å²) in [5.74, 6) is 0. The van der Waals surface area contributed by atoms with Crippen molar-refractivity contribution in [2.24, 2.45) is 0 Å². The van der Waals surface area contributed by atoms with E-state index in [2.05, 4.69) is 35.5 Å². The zero-order valence-electron chi connectivity index (χ0n) is 13.2. The molecule has 2 rings (SSSR count). The predicted molar refractivity (Wildman–Crippen MR) is 79.6 cm³/mol. The highest BCUT2D eigenvalue weighted by Crippen LogP contribution is 2.16. The Bertz CT molecular complexity index is 263. The average Bonchev–Trinajstić information content (AvgIpc) is 2.31. The minimum absolute atomic E-state index is 0.332. The summed E-state index contributed by atoms with van der Waals surface area (Å²) in [5, 5.41) is 0. The fourth-order valence-corrected chi connectivity index (χ4v) is 3.01. The molecular weight excluding hydrogens is 238 g/mol. The van der Waals surface area contributed by atoms with Crippen molar-refractivity contribution in [1.82, 2.24) is 14.7 Å². The van der Waals surface area contributed by atoms with Crippen molar-refractivity contribution in [2.45, 2.75) is 38.8 Å². The Morgan fingerprint density at radius 1 is 0.947 bits per heavy atom. The Labute approximate surface area is 118 Å². The van der Waals surface area contributed by atoms with E-state index in [4.69, 9.17) is 4.74 Å². The van der Waals surface area contributed by atoms with Gasteiger partial charge in [0, 0.05) is 51.9 Å². The van der Waals surface area contributed by atoms with Gasteiger partial charge in [-0.3, -0.25) is 9.80 Å². The lowest BCUT2D eigenvalue weighted by atomic mass is 10.0. The molecule has 0 spiro atoms. The van der Waals surface area contributed by atoms with E-state index in [0.29, 0.717) is 11.6 Å². The molecule has 0 atom stereocenters. The van der Waals surface area contributed by atoms with Gasteiger partial charge in [-0.05, 0) is 40.3 Å². The van der Waals surface area contributed by atoms with Crippen LogP contribution in [0, 0.1) is 0 Å². The number of ether oxygens (including phenoxy) is 1. The number of methoxy groups -OCH3 is 1.